The van der Waals surface area contributed by atoms with Gasteiger partial charge < -0.3 is 9.64 Å². The minimum Gasteiger partial charge on any atom is -0.465 e. The summed E-state index contributed by atoms with van der Waals surface area (Å²) in [6, 6.07) is 25.9. The second-order valence-electron chi connectivity index (χ2n) is 9.42. The molecule has 7 nitrogen and oxygen atoms in total. The molecular weight excluding hydrogens is 518 g/mol. The monoisotopic (exact) mass is 543 g/mol. The largest absolute Gasteiger partial charge is 0.465 e. The van der Waals surface area contributed by atoms with E-state index in [2.05, 4.69) is 4.98 Å². The molecule has 6 rings (SSSR count). The lowest BCUT2D eigenvalue weighted by Gasteiger charge is -2.32. The van der Waals surface area contributed by atoms with Gasteiger partial charge in [0.1, 0.15) is 4.88 Å². The highest BCUT2D eigenvalue weighted by Crippen LogP contribution is 2.46. The minimum atomic E-state index is -3.59. The number of fused-ring (bicyclic) bond motifs is 3. The Hall–Kier alpha value is -3.82. The number of hydrogen-bond acceptors (Lipinski definition) is 7. The van der Waals surface area contributed by atoms with Crippen LogP contribution in [0.1, 0.15) is 27.7 Å². The molecule has 2 atom stereocenters. The number of ether oxygens (including phenoxy) is 1. The Labute approximate surface area is 225 Å². The summed E-state index contributed by atoms with van der Waals surface area (Å²) in [5.41, 5.74) is 3.16. The number of nitrogens with zero attached hydrogens (tertiary/aromatic N) is 3. The molecule has 9 heteroatoms. The van der Waals surface area contributed by atoms with Gasteiger partial charge in [-0.1, -0.05) is 72.8 Å². The van der Waals surface area contributed by atoms with Crippen LogP contribution in [-0.2, 0) is 32.3 Å². The van der Waals surface area contributed by atoms with Crippen molar-refractivity contribution in [3.05, 3.63) is 118 Å². The average Bonchev–Trinajstić information content (AvgIpc) is 3.60. The molecule has 3 aromatic carbocycles. The highest BCUT2D eigenvalue weighted by molar-refractivity contribution is 7.91. The lowest BCUT2D eigenvalue weighted by atomic mass is 9.82. The molecule has 192 valence electrons. The zero-order valence-corrected chi connectivity index (χ0v) is 22.1. The lowest BCUT2D eigenvalue weighted by molar-refractivity contribution is -0.139. The van der Waals surface area contributed by atoms with E-state index in [0.717, 1.165) is 21.6 Å². The summed E-state index contributed by atoms with van der Waals surface area (Å²) in [5.74, 6) is -0.0517. The minimum absolute atomic E-state index is 0.0407. The van der Waals surface area contributed by atoms with Crippen LogP contribution in [0, 0.1) is 0 Å². The summed E-state index contributed by atoms with van der Waals surface area (Å²) >= 11 is 1.40. The third kappa shape index (κ3) is 4.41. The summed E-state index contributed by atoms with van der Waals surface area (Å²) in [6.45, 7) is 0.320. The second kappa shape index (κ2) is 9.81. The number of sulfone groups is 1. The predicted molar refractivity (Wildman–Crippen MR) is 146 cm³/mol. The van der Waals surface area contributed by atoms with E-state index in [1.54, 1.807) is 46.9 Å². The van der Waals surface area contributed by atoms with E-state index in [4.69, 9.17) is 9.73 Å². The van der Waals surface area contributed by atoms with Crippen molar-refractivity contribution in [3.8, 4) is 0 Å². The quantitative estimate of drug-likeness (QED) is 0.343. The van der Waals surface area contributed by atoms with Crippen molar-refractivity contribution in [1.82, 2.24) is 9.88 Å². The molecule has 38 heavy (non-hydrogen) atoms. The maximum absolute atomic E-state index is 14.5. The fraction of sp³-hybridized carbons (Fsp3) is 0.207. The van der Waals surface area contributed by atoms with Gasteiger partial charge in [0.15, 0.2) is 21.5 Å². The van der Waals surface area contributed by atoms with Crippen LogP contribution in [0.2, 0.25) is 0 Å². The van der Waals surface area contributed by atoms with Gasteiger partial charge in [0.2, 0.25) is 5.90 Å². The van der Waals surface area contributed by atoms with Crippen molar-refractivity contribution in [1.29, 1.82) is 0 Å². The van der Waals surface area contributed by atoms with Crippen molar-refractivity contribution in [2.75, 3.05) is 12.3 Å². The molecule has 1 amide bonds. The Morgan fingerprint density at radius 1 is 0.974 bits per heavy atom. The van der Waals surface area contributed by atoms with E-state index in [1.807, 2.05) is 54.6 Å². The van der Waals surface area contributed by atoms with Crippen molar-refractivity contribution in [2.24, 2.45) is 4.99 Å². The van der Waals surface area contributed by atoms with Gasteiger partial charge in [-0.15, -0.1) is 11.3 Å². The van der Waals surface area contributed by atoms with Crippen molar-refractivity contribution in [2.45, 2.75) is 29.5 Å². The molecular formula is C29H25N3O4S2. The fourth-order valence-corrected chi connectivity index (χ4v) is 6.97. The maximum Gasteiger partial charge on any atom is 0.255 e. The first kappa shape index (κ1) is 24.5. The molecule has 2 aliphatic rings. The maximum atomic E-state index is 14.5. The molecule has 3 heterocycles. The van der Waals surface area contributed by atoms with Crippen LogP contribution in [0.15, 0.2) is 107 Å². The number of carbonyl (C=O) groups is 1. The van der Waals surface area contributed by atoms with Gasteiger partial charge >= 0.3 is 0 Å². The normalized spacial score (nSPS) is 20.7. The van der Waals surface area contributed by atoms with Crippen LogP contribution in [0.4, 0.5) is 0 Å². The van der Waals surface area contributed by atoms with E-state index >= 15 is 0 Å². The topological polar surface area (TPSA) is 88.9 Å². The second-order valence-corrected chi connectivity index (χ2v) is 12.4. The molecule has 4 aromatic rings. The summed E-state index contributed by atoms with van der Waals surface area (Å²) in [4.78, 5) is 26.3. The number of thiazole rings is 1. The van der Waals surface area contributed by atoms with Crippen LogP contribution in [0.25, 0.3) is 0 Å². The summed E-state index contributed by atoms with van der Waals surface area (Å²) < 4.78 is 32.7. The third-order valence-electron chi connectivity index (χ3n) is 7.01. The SMILES string of the molecule is O=C1N(CCS(=O)(=O)c2ccccc2)Cc2ccccc2[C@@H]2OC(c3cncs3)=N[C@]12Cc1ccccc1. The first-order valence-electron chi connectivity index (χ1n) is 12.3. The summed E-state index contributed by atoms with van der Waals surface area (Å²) in [7, 11) is -3.59. The fourth-order valence-electron chi connectivity index (χ4n) is 5.15. The highest BCUT2D eigenvalue weighted by atomic mass is 32.2. The van der Waals surface area contributed by atoms with Gasteiger partial charge in [-0.25, -0.2) is 13.4 Å². The number of amides is 1. The summed E-state index contributed by atoms with van der Waals surface area (Å²) in [5, 5.41) is 0. The molecule has 0 spiro atoms. The standard InChI is InChI=1S/C29H25N3O4S2/c33-28-29(17-21-9-3-1-4-10-21)26(36-27(31-29)25-18-30-20-37-25)24-14-8-7-11-22(24)19-32(28)15-16-38(34,35)23-12-5-2-6-13-23/h1-14,18,20,26H,15-17,19H2/t26-,29-/m0/s1. The lowest BCUT2D eigenvalue weighted by Crippen LogP contribution is -2.50. The molecule has 0 fully saturated rings. The third-order valence-corrected chi connectivity index (χ3v) is 9.48. The van der Waals surface area contributed by atoms with Crippen molar-refractivity contribution in [3.63, 3.8) is 0 Å². The molecule has 0 saturated carbocycles. The van der Waals surface area contributed by atoms with Gasteiger partial charge in [-0.05, 0) is 23.3 Å². The number of rotatable bonds is 7. The Kier molecular flexibility index (Phi) is 6.33. The van der Waals surface area contributed by atoms with E-state index in [9.17, 15) is 13.2 Å². The Morgan fingerprint density at radius 2 is 1.68 bits per heavy atom. The Morgan fingerprint density at radius 3 is 2.42 bits per heavy atom. The molecule has 0 unspecified atom stereocenters. The zero-order valence-electron chi connectivity index (χ0n) is 20.4. The van der Waals surface area contributed by atoms with Crippen LogP contribution < -0.4 is 0 Å². The zero-order chi connectivity index (χ0) is 26.2. The number of aliphatic imine (C=N–C) groups is 1. The van der Waals surface area contributed by atoms with E-state index in [-0.39, 0.29) is 29.6 Å². The van der Waals surface area contributed by atoms with E-state index < -0.39 is 21.5 Å². The molecule has 0 bridgehead atoms. The molecule has 0 radical (unpaired) electrons. The molecule has 2 aliphatic heterocycles. The molecule has 0 aliphatic carbocycles. The van der Waals surface area contributed by atoms with E-state index in [1.165, 1.54) is 11.3 Å². The highest BCUT2D eigenvalue weighted by Gasteiger charge is 2.56. The Balaban J connectivity index is 1.44. The van der Waals surface area contributed by atoms with Gasteiger partial charge in [0.05, 0.1) is 22.4 Å². The number of benzene rings is 3. The van der Waals surface area contributed by atoms with Gasteiger partial charge in [-0.2, -0.15) is 0 Å². The van der Waals surface area contributed by atoms with Crippen molar-refractivity contribution >= 4 is 33.0 Å². The van der Waals surface area contributed by atoms with Crippen LogP contribution in [-0.4, -0.2) is 47.9 Å². The number of carbonyl (C=O) groups excluding carboxylic acids is 1. The Bertz CT molecular complexity index is 1590. The predicted octanol–water partition coefficient (Wildman–Crippen LogP) is 4.46. The molecule has 0 N–H and O–H groups in total. The average molecular weight is 544 g/mol. The first-order valence-corrected chi connectivity index (χ1v) is 14.8. The van der Waals surface area contributed by atoms with Crippen LogP contribution in [0.5, 0.6) is 0 Å². The number of hydrogen-bond donors (Lipinski definition) is 0. The first-order chi connectivity index (χ1) is 18.5. The molecule has 0 saturated heterocycles. The van der Waals surface area contributed by atoms with Crippen molar-refractivity contribution < 1.29 is 17.9 Å². The van der Waals surface area contributed by atoms with Crippen LogP contribution >= 0.6 is 11.3 Å². The molecule has 1 aromatic heterocycles. The number of aromatic nitrogens is 1. The van der Waals surface area contributed by atoms with Gasteiger partial charge in [-0.3, -0.25) is 9.78 Å². The van der Waals surface area contributed by atoms with Gasteiger partial charge in [0.25, 0.3) is 5.91 Å². The van der Waals surface area contributed by atoms with E-state index in [0.29, 0.717) is 12.3 Å². The smallest absolute Gasteiger partial charge is 0.255 e. The van der Waals surface area contributed by atoms with Gasteiger partial charge in [0, 0.05) is 25.1 Å². The van der Waals surface area contributed by atoms with Crippen LogP contribution in [0.3, 0.4) is 0 Å². The summed E-state index contributed by atoms with van der Waals surface area (Å²) in [6.07, 6.45) is 1.35.